The summed E-state index contributed by atoms with van der Waals surface area (Å²) >= 11 is 0. The zero-order valence-corrected chi connectivity index (χ0v) is 13.8. The Kier molecular flexibility index (Phi) is 9.56. The summed E-state index contributed by atoms with van der Waals surface area (Å²) in [5, 5.41) is 12.3. The Hall–Kier alpha value is -0.860. The lowest BCUT2D eigenvalue weighted by Crippen LogP contribution is -2.45. The normalized spacial score (nSPS) is 16.2. The fourth-order valence-corrected chi connectivity index (χ4v) is 2.66. The van der Waals surface area contributed by atoms with E-state index in [-0.39, 0.29) is 30.4 Å². The van der Waals surface area contributed by atoms with Crippen molar-refractivity contribution in [2.45, 2.75) is 25.8 Å². The lowest BCUT2D eigenvalue weighted by atomic mass is 9.98. The van der Waals surface area contributed by atoms with Gasteiger partial charge in [-0.05, 0) is 24.1 Å². The number of nitrogens with zero attached hydrogens (tertiary/aromatic N) is 2. The predicted molar refractivity (Wildman–Crippen MR) is 87.7 cm³/mol. The maximum atomic E-state index is 13.4. The van der Waals surface area contributed by atoms with E-state index >= 15 is 0 Å². The first-order chi connectivity index (χ1) is 9.26. The molecule has 1 N–H and O–H groups in total. The van der Waals surface area contributed by atoms with Crippen molar-refractivity contribution in [2.75, 3.05) is 26.2 Å². The van der Waals surface area contributed by atoms with Crippen LogP contribution < -0.4 is 5.32 Å². The molecule has 0 aliphatic carbocycles. The second-order valence-corrected chi connectivity index (χ2v) is 4.94. The third kappa shape index (κ3) is 5.12. The van der Waals surface area contributed by atoms with Gasteiger partial charge < -0.3 is 5.32 Å². The number of benzene rings is 1. The number of nitrogens with one attached hydrogen (secondary N) is 1. The first kappa shape index (κ1) is 20.1. The highest BCUT2D eigenvalue weighted by Gasteiger charge is 2.22. The Balaban J connectivity index is 0.00000200. The van der Waals surface area contributed by atoms with Gasteiger partial charge in [0.2, 0.25) is 0 Å². The first-order valence-corrected chi connectivity index (χ1v) is 6.90. The predicted octanol–water partition coefficient (Wildman–Crippen LogP) is 3.29. The number of hydrogen-bond acceptors (Lipinski definition) is 3. The smallest absolute Gasteiger partial charge is 0.140 e. The van der Waals surface area contributed by atoms with Crippen molar-refractivity contribution < 1.29 is 4.39 Å². The van der Waals surface area contributed by atoms with Gasteiger partial charge in [-0.15, -0.1) is 24.8 Å². The molecule has 0 aromatic heterocycles. The van der Waals surface area contributed by atoms with E-state index in [4.69, 9.17) is 5.26 Å². The summed E-state index contributed by atoms with van der Waals surface area (Å²) < 4.78 is 13.4. The molecule has 0 bridgehead atoms. The third-order valence-corrected chi connectivity index (χ3v) is 3.65. The third-order valence-electron chi connectivity index (χ3n) is 3.65. The van der Waals surface area contributed by atoms with Crippen LogP contribution in [0.3, 0.4) is 0 Å². The lowest BCUT2D eigenvalue weighted by molar-refractivity contribution is 0.164. The van der Waals surface area contributed by atoms with E-state index in [1.54, 1.807) is 6.07 Å². The van der Waals surface area contributed by atoms with E-state index in [1.807, 2.05) is 12.1 Å². The van der Waals surface area contributed by atoms with Crippen LogP contribution in [0.4, 0.5) is 4.39 Å². The van der Waals surface area contributed by atoms with Crippen LogP contribution in [0, 0.1) is 17.1 Å². The zero-order valence-electron chi connectivity index (χ0n) is 12.1. The molecule has 1 fully saturated rings. The molecular weight excluding hydrogens is 312 g/mol. The molecule has 1 aliphatic rings. The molecule has 0 radical (unpaired) electrons. The molecule has 3 nitrogen and oxygen atoms in total. The molecule has 1 aliphatic heterocycles. The van der Waals surface area contributed by atoms with Crippen molar-refractivity contribution in [3.63, 3.8) is 0 Å². The molecule has 6 heteroatoms. The van der Waals surface area contributed by atoms with Gasteiger partial charge in [-0.3, -0.25) is 4.90 Å². The van der Waals surface area contributed by atoms with Gasteiger partial charge in [0.25, 0.3) is 0 Å². The van der Waals surface area contributed by atoms with E-state index in [0.717, 1.165) is 44.6 Å². The van der Waals surface area contributed by atoms with Crippen molar-refractivity contribution in [3.8, 4) is 6.07 Å². The SMILES string of the molecule is CCC[C@H](c1ccc(F)c(C#N)c1)N1CCNCC1.Cl.Cl. The minimum Gasteiger partial charge on any atom is -0.314 e. The molecule has 2 rings (SSSR count). The number of nitriles is 1. The maximum Gasteiger partial charge on any atom is 0.140 e. The topological polar surface area (TPSA) is 39.1 Å². The summed E-state index contributed by atoms with van der Waals surface area (Å²) in [5.74, 6) is -0.429. The van der Waals surface area contributed by atoms with Gasteiger partial charge in [0.15, 0.2) is 0 Å². The van der Waals surface area contributed by atoms with Crippen LogP contribution in [0.25, 0.3) is 0 Å². The van der Waals surface area contributed by atoms with E-state index in [2.05, 4.69) is 17.1 Å². The maximum absolute atomic E-state index is 13.4. The number of piperazine rings is 1. The average Bonchev–Trinajstić information content (AvgIpc) is 2.46. The van der Waals surface area contributed by atoms with Crippen molar-refractivity contribution in [2.24, 2.45) is 0 Å². The standard InChI is InChI=1S/C15H20FN3.2ClH/c1-2-3-15(19-8-6-18-7-9-19)12-4-5-14(16)13(10-12)11-17;;/h4-5,10,15,18H,2-3,6-9H2,1H3;2*1H/t15-;;/m1../s1. The fourth-order valence-electron chi connectivity index (χ4n) is 2.66. The molecular formula is C15H22Cl2FN3. The monoisotopic (exact) mass is 333 g/mol. The minimum atomic E-state index is -0.429. The minimum absolute atomic E-state index is 0. The van der Waals surface area contributed by atoms with E-state index in [0.29, 0.717) is 6.04 Å². The largest absolute Gasteiger partial charge is 0.314 e. The Labute approximate surface area is 138 Å². The highest BCUT2D eigenvalue weighted by molar-refractivity contribution is 5.85. The second kappa shape index (κ2) is 9.97. The summed E-state index contributed by atoms with van der Waals surface area (Å²) in [6, 6.07) is 7.16. The van der Waals surface area contributed by atoms with Gasteiger partial charge in [-0.1, -0.05) is 19.4 Å². The molecule has 1 saturated heterocycles. The van der Waals surface area contributed by atoms with Crippen molar-refractivity contribution in [1.82, 2.24) is 10.2 Å². The molecule has 1 heterocycles. The average molecular weight is 334 g/mol. The van der Waals surface area contributed by atoms with E-state index in [1.165, 1.54) is 6.07 Å². The van der Waals surface area contributed by atoms with E-state index < -0.39 is 5.82 Å². The zero-order chi connectivity index (χ0) is 13.7. The fraction of sp³-hybridized carbons (Fsp3) is 0.533. The summed E-state index contributed by atoms with van der Waals surface area (Å²) in [7, 11) is 0. The van der Waals surface area contributed by atoms with Gasteiger partial charge in [0.1, 0.15) is 11.9 Å². The highest BCUT2D eigenvalue weighted by atomic mass is 35.5. The van der Waals surface area contributed by atoms with Crippen LogP contribution in [-0.2, 0) is 0 Å². The van der Waals surface area contributed by atoms with Crippen LogP contribution in [0.15, 0.2) is 18.2 Å². The summed E-state index contributed by atoms with van der Waals surface area (Å²) in [4.78, 5) is 2.42. The van der Waals surface area contributed by atoms with Gasteiger partial charge in [-0.2, -0.15) is 5.26 Å². The summed E-state index contributed by atoms with van der Waals surface area (Å²) in [6.45, 7) is 6.15. The number of hydrogen-bond donors (Lipinski definition) is 1. The first-order valence-electron chi connectivity index (χ1n) is 6.90. The van der Waals surface area contributed by atoms with Crippen molar-refractivity contribution in [3.05, 3.63) is 35.1 Å². The van der Waals surface area contributed by atoms with E-state index in [9.17, 15) is 4.39 Å². The summed E-state index contributed by atoms with van der Waals surface area (Å²) in [5.41, 5.74) is 1.20. The van der Waals surface area contributed by atoms with Gasteiger partial charge in [-0.25, -0.2) is 4.39 Å². The van der Waals surface area contributed by atoms with Gasteiger partial charge in [0, 0.05) is 32.2 Å². The van der Waals surface area contributed by atoms with Crippen LogP contribution in [0.1, 0.15) is 36.9 Å². The molecule has 0 amide bonds. The number of rotatable bonds is 4. The molecule has 21 heavy (non-hydrogen) atoms. The van der Waals surface area contributed by atoms with Crippen molar-refractivity contribution >= 4 is 24.8 Å². The van der Waals surface area contributed by atoms with Crippen LogP contribution in [-0.4, -0.2) is 31.1 Å². The lowest BCUT2D eigenvalue weighted by Gasteiger charge is -2.35. The second-order valence-electron chi connectivity index (χ2n) is 4.94. The summed E-state index contributed by atoms with van der Waals surface area (Å²) in [6.07, 6.45) is 2.12. The molecule has 1 aromatic rings. The van der Waals surface area contributed by atoms with Crippen molar-refractivity contribution in [1.29, 1.82) is 5.26 Å². The van der Waals surface area contributed by atoms with Crippen LogP contribution in [0.5, 0.6) is 0 Å². The highest BCUT2D eigenvalue weighted by Crippen LogP contribution is 2.27. The molecule has 0 unspecified atom stereocenters. The molecule has 118 valence electrons. The Morgan fingerprint density at radius 2 is 2.00 bits per heavy atom. The van der Waals surface area contributed by atoms with Crippen LogP contribution >= 0.6 is 24.8 Å². The number of halogens is 3. The molecule has 0 spiro atoms. The molecule has 0 saturated carbocycles. The molecule has 1 aromatic carbocycles. The van der Waals surface area contributed by atoms with Crippen LogP contribution in [0.2, 0.25) is 0 Å². The molecule has 1 atom stereocenters. The van der Waals surface area contributed by atoms with Gasteiger partial charge >= 0.3 is 0 Å². The Bertz CT molecular complexity index is 470. The Morgan fingerprint density at radius 1 is 1.33 bits per heavy atom. The Morgan fingerprint density at radius 3 is 2.57 bits per heavy atom. The van der Waals surface area contributed by atoms with Gasteiger partial charge in [0.05, 0.1) is 5.56 Å². The quantitative estimate of drug-likeness (QED) is 0.918.